The van der Waals surface area contributed by atoms with Crippen LogP contribution in [0.5, 0.6) is 0 Å². The summed E-state index contributed by atoms with van der Waals surface area (Å²) in [6.45, 7) is 0. The zero-order valence-corrected chi connectivity index (χ0v) is 30.1. The van der Waals surface area contributed by atoms with E-state index >= 15 is 0 Å². The van der Waals surface area contributed by atoms with Gasteiger partial charge in [-0.2, -0.15) is 0 Å². The average Bonchev–Trinajstić information content (AvgIpc) is 3.97. The molecule has 0 aliphatic rings. The number of hydrogen-bond acceptors (Lipinski definition) is 8. The van der Waals surface area contributed by atoms with E-state index in [1.807, 2.05) is 144 Å². The highest BCUT2D eigenvalue weighted by Gasteiger charge is 2.17. The van der Waals surface area contributed by atoms with Crippen LogP contribution in [0.1, 0.15) is 19.3 Å². The summed E-state index contributed by atoms with van der Waals surface area (Å²) in [4.78, 5) is 47.0. The molecular formula is C44H28N6O2S2. The third-order valence-electron chi connectivity index (χ3n) is 8.89. The van der Waals surface area contributed by atoms with E-state index in [1.165, 1.54) is 22.7 Å². The van der Waals surface area contributed by atoms with Crippen molar-refractivity contribution in [3.05, 3.63) is 166 Å². The Morgan fingerprint density at radius 1 is 0.426 bits per heavy atom. The van der Waals surface area contributed by atoms with Gasteiger partial charge in [-0.25, -0.2) is 19.9 Å². The van der Waals surface area contributed by atoms with E-state index in [0.29, 0.717) is 32.8 Å². The Morgan fingerprint density at radius 3 is 1.24 bits per heavy atom. The van der Waals surface area contributed by atoms with Crippen molar-refractivity contribution < 1.29 is 9.59 Å². The number of benzene rings is 5. The molecule has 0 saturated heterocycles. The molecular weight excluding hydrogens is 709 g/mol. The molecule has 10 heteroatoms. The van der Waals surface area contributed by atoms with Crippen molar-refractivity contribution in [1.29, 1.82) is 0 Å². The average molecular weight is 737 g/mol. The van der Waals surface area contributed by atoms with Crippen LogP contribution in [0.2, 0.25) is 0 Å². The van der Waals surface area contributed by atoms with Crippen LogP contribution >= 0.6 is 22.7 Å². The van der Waals surface area contributed by atoms with Gasteiger partial charge in [-0.15, -0.1) is 22.7 Å². The van der Waals surface area contributed by atoms with Gasteiger partial charge in [0.15, 0.2) is 11.6 Å². The lowest BCUT2D eigenvalue weighted by Crippen LogP contribution is -2.10. The molecule has 4 heterocycles. The third-order valence-corrected chi connectivity index (χ3v) is 10.6. The third kappa shape index (κ3) is 6.63. The minimum Gasteiger partial charge on any atom is -0.321 e. The summed E-state index contributed by atoms with van der Waals surface area (Å²) in [5, 5.41) is 11.5. The molecule has 0 saturated carbocycles. The number of rotatable bonds is 8. The normalized spacial score (nSPS) is 11.1. The highest BCUT2D eigenvalue weighted by Crippen LogP contribution is 2.34. The first-order chi connectivity index (χ1) is 26.6. The molecule has 0 unspecified atom stereocenters. The largest absolute Gasteiger partial charge is 0.321 e. The van der Waals surface area contributed by atoms with E-state index in [9.17, 15) is 9.59 Å². The second-order valence-electron chi connectivity index (χ2n) is 12.4. The number of thiophene rings is 2. The predicted molar refractivity (Wildman–Crippen MR) is 219 cm³/mol. The van der Waals surface area contributed by atoms with Crippen LogP contribution < -0.4 is 10.6 Å². The van der Waals surface area contributed by atoms with Crippen molar-refractivity contribution in [2.24, 2.45) is 0 Å². The fraction of sp³-hybridized carbons (Fsp3) is 0. The summed E-state index contributed by atoms with van der Waals surface area (Å²) in [6.07, 6.45) is 0. The van der Waals surface area contributed by atoms with E-state index in [1.54, 1.807) is 12.1 Å². The summed E-state index contributed by atoms with van der Waals surface area (Å²) in [5.41, 5.74) is 7.94. The van der Waals surface area contributed by atoms with Gasteiger partial charge >= 0.3 is 0 Å². The SMILES string of the molecule is O=C(Nc1ccc2nc(-c3ccc(-c4nc(-c5ccccc5)c5cc(NC(=O)c6cccs6)ccc5n4)cc3)nc(-c3ccccc3)c2c1)c1cccs1. The van der Waals surface area contributed by atoms with Crippen molar-refractivity contribution >= 4 is 67.7 Å². The first kappa shape index (κ1) is 33.0. The Bertz CT molecular complexity index is 2600. The molecule has 4 aromatic heterocycles. The Hall–Kier alpha value is -6.88. The number of hydrogen-bond donors (Lipinski definition) is 2. The van der Waals surface area contributed by atoms with Crippen molar-refractivity contribution in [1.82, 2.24) is 19.9 Å². The molecule has 8 nitrogen and oxygen atoms in total. The molecule has 0 fully saturated rings. The van der Waals surface area contributed by atoms with Crippen molar-refractivity contribution in [2.75, 3.05) is 10.6 Å². The summed E-state index contributed by atoms with van der Waals surface area (Å²) in [7, 11) is 0. The van der Waals surface area contributed by atoms with Crippen LogP contribution in [-0.4, -0.2) is 31.8 Å². The molecule has 0 atom stereocenters. The molecule has 0 spiro atoms. The fourth-order valence-corrected chi connectivity index (χ4v) is 7.51. The van der Waals surface area contributed by atoms with E-state index < -0.39 is 0 Å². The maximum atomic E-state index is 12.8. The number of nitrogens with one attached hydrogen (secondary N) is 2. The zero-order valence-electron chi connectivity index (χ0n) is 28.4. The molecule has 0 radical (unpaired) electrons. The standard InChI is InChI=1S/C44H28N6O2S2/c51-43(37-13-7-23-53-37)45-31-19-21-35-33(25-31)39(27-9-3-1-4-10-27)49-41(47-35)29-15-17-30(18-16-29)42-48-36-22-20-32(46-44(52)38-14-8-24-54-38)26-34(36)40(50-42)28-11-5-2-6-12-28/h1-26H,(H,45,51)(H,46,52). The van der Waals surface area contributed by atoms with Gasteiger partial charge in [0.2, 0.25) is 0 Å². The Labute approximate surface area is 317 Å². The monoisotopic (exact) mass is 736 g/mol. The maximum Gasteiger partial charge on any atom is 0.265 e. The van der Waals surface area contributed by atoms with Gasteiger partial charge in [0.1, 0.15) is 0 Å². The van der Waals surface area contributed by atoms with Gasteiger partial charge in [-0.05, 0) is 59.3 Å². The van der Waals surface area contributed by atoms with Crippen LogP contribution in [0.15, 0.2) is 156 Å². The summed E-state index contributed by atoms with van der Waals surface area (Å²) >= 11 is 2.80. The zero-order chi connectivity index (χ0) is 36.4. The van der Waals surface area contributed by atoms with Gasteiger partial charge in [0, 0.05) is 44.4 Å². The summed E-state index contributed by atoms with van der Waals surface area (Å²) < 4.78 is 0. The molecule has 0 bridgehead atoms. The van der Waals surface area contributed by atoms with Gasteiger partial charge < -0.3 is 10.6 Å². The second-order valence-corrected chi connectivity index (χ2v) is 14.3. The smallest absolute Gasteiger partial charge is 0.265 e. The van der Waals surface area contributed by atoms with Gasteiger partial charge in [-0.3, -0.25) is 9.59 Å². The van der Waals surface area contributed by atoms with Gasteiger partial charge in [-0.1, -0.05) is 97.1 Å². The number of aromatic nitrogens is 4. The molecule has 2 N–H and O–H groups in total. The van der Waals surface area contributed by atoms with Gasteiger partial charge in [0.05, 0.1) is 32.2 Å². The Morgan fingerprint density at radius 2 is 0.852 bits per heavy atom. The molecule has 0 aliphatic carbocycles. The minimum atomic E-state index is -0.155. The van der Waals surface area contributed by atoms with E-state index in [-0.39, 0.29) is 11.8 Å². The Kier molecular flexibility index (Phi) is 8.72. The molecule has 0 aliphatic heterocycles. The number of anilines is 2. The molecule has 258 valence electrons. The van der Waals surface area contributed by atoms with Crippen molar-refractivity contribution in [3.63, 3.8) is 0 Å². The first-order valence-corrected chi connectivity index (χ1v) is 18.9. The highest BCUT2D eigenvalue weighted by molar-refractivity contribution is 7.12. The molecule has 9 aromatic rings. The predicted octanol–water partition coefficient (Wildman–Crippen LogP) is 10.9. The van der Waals surface area contributed by atoms with Crippen LogP contribution in [0, 0.1) is 0 Å². The van der Waals surface area contributed by atoms with Gasteiger partial charge in [0.25, 0.3) is 11.8 Å². The maximum absolute atomic E-state index is 12.8. The van der Waals surface area contributed by atoms with Crippen LogP contribution in [0.3, 0.4) is 0 Å². The van der Waals surface area contributed by atoms with E-state index in [2.05, 4.69) is 10.6 Å². The fourth-order valence-electron chi connectivity index (χ4n) is 6.27. The Balaban J connectivity index is 1.07. The number of carbonyl (C=O) groups excluding carboxylic acids is 2. The van der Waals surface area contributed by atoms with E-state index in [4.69, 9.17) is 19.9 Å². The summed E-state index contributed by atoms with van der Waals surface area (Å²) in [5.74, 6) is 0.838. The van der Waals surface area contributed by atoms with Crippen molar-refractivity contribution in [3.8, 4) is 45.3 Å². The lowest BCUT2D eigenvalue weighted by Gasteiger charge is -2.13. The second kappa shape index (κ2) is 14.3. The number of amides is 2. The lowest BCUT2D eigenvalue weighted by molar-refractivity contribution is 0.102. The van der Waals surface area contributed by atoms with Crippen LogP contribution in [0.25, 0.3) is 67.1 Å². The number of fused-ring (bicyclic) bond motifs is 2. The first-order valence-electron chi connectivity index (χ1n) is 17.1. The van der Waals surface area contributed by atoms with Crippen molar-refractivity contribution in [2.45, 2.75) is 0 Å². The topological polar surface area (TPSA) is 110 Å². The quantitative estimate of drug-likeness (QED) is 0.161. The molecule has 2 amide bonds. The minimum absolute atomic E-state index is 0.155. The van der Waals surface area contributed by atoms with E-state index in [0.717, 1.165) is 55.4 Å². The lowest BCUT2D eigenvalue weighted by atomic mass is 10.0. The molecule has 5 aromatic carbocycles. The molecule has 9 rings (SSSR count). The van der Waals surface area contributed by atoms with Crippen LogP contribution in [-0.2, 0) is 0 Å². The van der Waals surface area contributed by atoms with Crippen LogP contribution in [0.4, 0.5) is 11.4 Å². The molecule has 54 heavy (non-hydrogen) atoms. The summed E-state index contributed by atoms with van der Waals surface area (Å²) in [6, 6.07) is 46.6. The highest BCUT2D eigenvalue weighted by atomic mass is 32.1. The number of carbonyl (C=O) groups is 2. The number of nitrogens with zero attached hydrogens (tertiary/aromatic N) is 4.